The first kappa shape index (κ1) is 52.3. The Labute approximate surface area is 346 Å². The Morgan fingerprint density at radius 2 is 0.772 bits per heavy atom. The van der Waals surface area contributed by atoms with Crippen LogP contribution in [0.25, 0.3) is 0 Å². The zero-order valence-electron chi connectivity index (χ0n) is 36.9. The molecule has 0 aromatic carbocycles. The number of ether oxygens (including phenoxy) is 6. The third-order valence-corrected chi connectivity index (χ3v) is 10.5. The minimum absolute atomic E-state index is 0.0677. The summed E-state index contributed by atoms with van der Waals surface area (Å²) in [6, 6.07) is 0. The fourth-order valence-electron chi connectivity index (χ4n) is 7.01. The molecule has 1 saturated heterocycles. The number of hydrogen-bond donors (Lipinski definition) is 0. The van der Waals surface area contributed by atoms with Gasteiger partial charge in [0.25, 0.3) is 5.79 Å². The second kappa shape index (κ2) is 34.2. The smallest absolute Gasteiger partial charge is 0.308 e. The highest BCUT2D eigenvalue weighted by molar-refractivity contribution is 5.73. The van der Waals surface area contributed by atoms with Crippen LogP contribution in [0.15, 0.2) is 0 Å². The average Bonchev–Trinajstić information content (AvgIpc) is 3.46. The van der Waals surface area contributed by atoms with Crippen LogP contribution in [-0.4, -0.2) is 67.2 Å². The Morgan fingerprint density at radius 1 is 0.421 bits per heavy atom. The Hall–Kier alpha value is -2.69. The van der Waals surface area contributed by atoms with Crippen LogP contribution < -0.4 is 0 Å². The first-order valence-electron chi connectivity index (χ1n) is 23.3. The molecular formula is C46H82O11. The van der Waals surface area contributed by atoms with Crippen molar-refractivity contribution in [3.8, 4) is 0 Å². The van der Waals surface area contributed by atoms with Gasteiger partial charge >= 0.3 is 29.8 Å². The minimum atomic E-state index is -2.13. The van der Waals surface area contributed by atoms with Crippen LogP contribution in [0, 0.1) is 0 Å². The number of hydrogen-bond acceptors (Lipinski definition) is 11. The summed E-state index contributed by atoms with van der Waals surface area (Å²) in [5, 5.41) is 0. The molecule has 1 aliphatic heterocycles. The Bertz CT molecular complexity index is 1080. The van der Waals surface area contributed by atoms with Crippen LogP contribution >= 0.6 is 0 Å². The molecule has 0 N–H and O–H groups in total. The maximum absolute atomic E-state index is 13.6. The number of unbranched alkanes of at least 4 members (excludes halogenated alkanes) is 20. The predicted octanol–water partition coefficient (Wildman–Crippen LogP) is 11.3. The van der Waals surface area contributed by atoms with Crippen molar-refractivity contribution in [3.05, 3.63) is 0 Å². The first-order valence-corrected chi connectivity index (χ1v) is 23.3. The molecule has 11 heteroatoms. The van der Waals surface area contributed by atoms with Gasteiger partial charge in [0.15, 0.2) is 12.7 Å². The summed E-state index contributed by atoms with van der Waals surface area (Å²) in [6.07, 6.45) is 19.8. The van der Waals surface area contributed by atoms with E-state index in [9.17, 15) is 24.0 Å². The fraction of sp³-hybridized carbons (Fsp3) is 0.891. The zero-order chi connectivity index (χ0) is 42.0. The highest BCUT2D eigenvalue weighted by Crippen LogP contribution is 2.39. The Balaban J connectivity index is 3.48. The summed E-state index contributed by atoms with van der Waals surface area (Å²) in [5.74, 6) is -4.80. The lowest BCUT2D eigenvalue weighted by molar-refractivity contribution is -0.271. The van der Waals surface area contributed by atoms with Crippen molar-refractivity contribution in [2.75, 3.05) is 13.2 Å². The molecule has 1 unspecified atom stereocenters. The molecule has 1 fully saturated rings. The van der Waals surface area contributed by atoms with Crippen molar-refractivity contribution < 1.29 is 52.4 Å². The number of carbonyl (C=O) groups excluding carboxylic acids is 5. The fourth-order valence-corrected chi connectivity index (χ4v) is 7.01. The van der Waals surface area contributed by atoms with Gasteiger partial charge in [0, 0.05) is 32.1 Å². The predicted molar refractivity (Wildman–Crippen MR) is 222 cm³/mol. The van der Waals surface area contributed by atoms with Gasteiger partial charge in [0.1, 0.15) is 12.7 Å². The molecule has 1 aliphatic rings. The minimum Gasteiger partial charge on any atom is -0.463 e. The molecule has 11 nitrogen and oxygen atoms in total. The standard InChI is InChI=1S/C46H82O11/c1-6-11-16-21-26-31-39(47)52-36-38-44(54-41(49)33-28-23-18-13-8-3)45(55-42(50)34-29-24-19-14-9-4)46(56-38,57-43(51)35-30-25-20-15-10-5)37-53-40(48)32-27-22-17-12-7-2/h38,44-45H,6-37H2,1-5H3/t38?,44-,45+,46-/m1/s1. The molecule has 0 radical (unpaired) electrons. The van der Waals surface area contributed by atoms with Gasteiger partial charge in [-0.2, -0.15) is 0 Å². The quantitative estimate of drug-likeness (QED) is 0.0336. The van der Waals surface area contributed by atoms with E-state index in [-0.39, 0.29) is 38.7 Å². The molecule has 332 valence electrons. The third kappa shape index (κ3) is 24.7. The molecule has 0 aromatic rings. The molecule has 57 heavy (non-hydrogen) atoms. The van der Waals surface area contributed by atoms with Gasteiger partial charge in [-0.1, -0.05) is 163 Å². The lowest BCUT2D eigenvalue weighted by Gasteiger charge is -2.33. The van der Waals surface area contributed by atoms with Crippen LogP contribution in [0.4, 0.5) is 0 Å². The molecule has 4 atom stereocenters. The van der Waals surface area contributed by atoms with Crippen molar-refractivity contribution >= 4 is 29.8 Å². The molecule has 1 rings (SSSR count). The lowest BCUT2D eigenvalue weighted by atomic mass is 10.0. The van der Waals surface area contributed by atoms with Crippen molar-refractivity contribution in [1.29, 1.82) is 0 Å². The topological polar surface area (TPSA) is 141 Å². The van der Waals surface area contributed by atoms with Gasteiger partial charge in [0.05, 0.1) is 0 Å². The highest BCUT2D eigenvalue weighted by atomic mass is 16.8. The number of esters is 5. The normalized spacial score (nSPS) is 18.9. The summed E-state index contributed by atoms with van der Waals surface area (Å²) < 4.78 is 36.2. The van der Waals surface area contributed by atoms with Gasteiger partial charge in [0.2, 0.25) is 6.10 Å². The average molecular weight is 811 g/mol. The van der Waals surface area contributed by atoms with Gasteiger partial charge < -0.3 is 28.4 Å². The van der Waals surface area contributed by atoms with E-state index < -0.39 is 60.6 Å². The Kier molecular flexibility index (Phi) is 31.4. The molecule has 0 amide bonds. The number of carbonyl (C=O) groups is 5. The van der Waals surface area contributed by atoms with E-state index in [0.717, 1.165) is 128 Å². The summed E-state index contributed by atoms with van der Waals surface area (Å²) in [6.45, 7) is 9.69. The monoisotopic (exact) mass is 811 g/mol. The van der Waals surface area contributed by atoms with Gasteiger partial charge in [-0.25, -0.2) is 0 Å². The summed E-state index contributed by atoms with van der Waals surface area (Å²) in [7, 11) is 0. The van der Waals surface area contributed by atoms with Crippen LogP contribution in [-0.2, 0) is 52.4 Å². The molecule has 1 heterocycles. The van der Waals surface area contributed by atoms with Crippen LogP contribution in [0.5, 0.6) is 0 Å². The second-order valence-corrected chi connectivity index (χ2v) is 16.0. The van der Waals surface area contributed by atoms with Crippen molar-refractivity contribution in [3.63, 3.8) is 0 Å². The molecule has 0 spiro atoms. The van der Waals surface area contributed by atoms with Crippen molar-refractivity contribution in [1.82, 2.24) is 0 Å². The maximum Gasteiger partial charge on any atom is 0.308 e. The maximum atomic E-state index is 13.6. The van der Waals surface area contributed by atoms with E-state index in [4.69, 9.17) is 28.4 Å². The van der Waals surface area contributed by atoms with Crippen LogP contribution in [0.1, 0.15) is 227 Å². The van der Waals surface area contributed by atoms with Crippen molar-refractivity contribution in [2.45, 2.75) is 251 Å². The third-order valence-electron chi connectivity index (χ3n) is 10.5. The molecular weight excluding hydrogens is 728 g/mol. The molecule has 0 aromatic heterocycles. The van der Waals surface area contributed by atoms with Crippen LogP contribution in [0.3, 0.4) is 0 Å². The SMILES string of the molecule is CCCCCCCC(=O)OCC1O[C@](COC(=O)CCCCCCC)(OC(=O)CCCCCCC)[C@@H](OC(=O)CCCCCCC)[C@@H]1OC(=O)CCCCCCC. The van der Waals surface area contributed by atoms with E-state index in [1.165, 1.54) is 0 Å². The van der Waals surface area contributed by atoms with Crippen LogP contribution in [0.2, 0.25) is 0 Å². The molecule has 0 bridgehead atoms. The second-order valence-electron chi connectivity index (χ2n) is 16.0. The largest absolute Gasteiger partial charge is 0.463 e. The first-order chi connectivity index (χ1) is 27.7. The van der Waals surface area contributed by atoms with Crippen molar-refractivity contribution in [2.24, 2.45) is 0 Å². The van der Waals surface area contributed by atoms with E-state index >= 15 is 0 Å². The van der Waals surface area contributed by atoms with Gasteiger partial charge in [-0.3, -0.25) is 24.0 Å². The summed E-state index contributed by atoms with van der Waals surface area (Å²) in [4.78, 5) is 66.7. The number of rotatable bonds is 37. The summed E-state index contributed by atoms with van der Waals surface area (Å²) >= 11 is 0. The highest BCUT2D eigenvalue weighted by Gasteiger charge is 2.63. The van der Waals surface area contributed by atoms with E-state index in [1.807, 2.05) is 0 Å². The van der Waals surface area contributed by atoms with E-state index in [2.05, 4.69) is 34.6 Å². The van der Waals surface area contributed by atoms with E-state index in [1.54, 1.807) is 0 Å². The lowest BCUT2D eigenvalue weighted by Crippen LogP contribution is -2.53. The summed E-state index contributed by atoms with van der Waals surface area (Å²) in [5.41, 5.74) is 0. The van der Waals surface area contributed by atoms with Gasteiger partial charge in [-0.15, -0.1) is 0 Å². The van der Waals surface area contributed by atoms with Gasteiger partial charge in [-0.05, 0) is 32.1 Å². The molecule has 0 aliphatic carbocycles. The zero-order valence-corrected chi connectivity index (χ0v) is 36.9. The Morgan fingerprint density at radius 3 is 1.19 bits per heavy atom. The van der Waals surface area contributed by atoms with E-state index in [0.29, 0.717) is 32.1 Å². The molecule has 0 saturated carbocycles.